The third-order valence-electron chi connectivity index (χ3n) is 8.02. The zero-order valence-electron chi connectivity index (χ0n) is 35.7. The van der Waals surface area contributed by atoms with Crippen LogP contribution in [0.3, 0.4) is 0 Å². The van der Waals surface area contributed by atoms with E-state index in [0.717, 1.165) is 51.4 Å². The Hall–Kier alpha value is -0.300. The summed E-state index contributed by atoms with van der Waals surface area (Å²) >= 11 is 0. The molecule has 73 heavy (non-hydrogen) atoms. The molecule has 0 rings (SSSR count). The van der Waals surface area contributed by atoms with Crippen molar-refractivity contribution in [3.8, 4) is 0 Å². The van der Waals surface area contributed by atoms with Gasteiger partial charge in [-0.1, -0.05) is 103 Å². The average molecular weight is 1300 g/mol. The molecule has 0 aliphatic rings. The molecule has 436 valence electrons. The monoisotopic (exact) mass is 1290 g/mol. The summed E-state index contributed by atoms with van der Waals surface area (Å²) in [7, 11) is -78.2. The Morgan fingerprint density at radius 3 is 0.740 bits per heavy atom. The van der Waals surface area contributed by atoms with E-state index in [-0.39, 0.29) is 42.4 Å². The summed E-state index contributed by atoms with van der Waals surface area (Å²) in [5.74, 6) is -30.0. The fraction of sp³-hybridized carbons (Fsp3) is 1.00. The van der Waals surface area contributed by atoms with Crippen molar-refractivity contribution in [2.75, 3.05) is 0 Å². The summed E-state index contributed by atoms with van der Waals surface area (Å²) < 4.78 is 383. The first-order valence-corrected chi connectivity index (χ1v) is 32.2. The first kappa shape index (κ1) is 74.8. The van der Waals surface area contributed by atoms with Crippen molar-refractivity contribution >= 4 is 134 Å². The summed E-state index contributed by atoms with van der Waals surface area (Å²) in [4.78, 5) is 0. The van der Waals surface area contributed by atoms with Crippen LogP contribution in [0.2, 0.25) is 0 Å². The Bertz CT molecular complexity index is 2770. The fourth-order valence-electron chi connectivity index (χ4n) is 6.02. The van der Waals surface area contributed by atoms with Gasteiger partial charge in [0.15, 0.2) is 0 Å². The van der Waals surface area contributed by atoms with E-state index in [0.29, 0.717) is 19.3 Å². The molecule has 0 aromatic heterocycles. The average Bonchev–Trinajstić information content (AvgIpc) is 3.05. The molecule has 0 spiro atoms. The molecule has 51 heteroatoms. The zero-order chi connectivity index (χ0) is 57.0. The summed E-state index contributed by atoms with van der Waals surface area (Å²) in [6, 6.07) is 0. The number of unbranched alkanes of at least 4 members (excludes halogenated alkanes) is 14. The Morgan fingerprint density at radius 1 is 0.301 bits per heavy atom. The van der Waals surface area contributed by atoms with Gasteiger partial charge in [0.05, 0.1) is 0 Å². The number of hydrogen-bond donors (Lipinski definition) is 10. The van der Waals surface area contributed by atoms with Gasteiger partial charge in [0.25, 0.3) is 5.79 Å². The van der Waals surface area contributed by atoms with E-state index in [4.69, 9.17) is 0 Å². The molecule has 0 fully saturated rings. The van der Waals surface area contributed by atoms with E-state index < -0.39 is 153 Å². The van der Waals surface area contributed by atoms with Crippen LogP contribution in [0.15, 0.2) is 0 Å². The molecule has 0 saturated heterocycles. The van der Waals surface area contributed by atoms with Crippen molar-refractivity contribution in [1.29, 1.82) is 0 Å². The van der Waals surface area contributed by atoms with Crippen molar-refractivity contribution in [1.82, 2.24) is 0 Å². The van der Waals surface area contributed by atoms with Crippen LogP contribution < -0.4 is 0 Å². The first-order chi connectivity index (χ1) is 31.8. The minimum absolute atomic E-state index is 0. The maximum absolute atomic E-state index is 12.8. The molecular weight excluding hydrogens is 1250 g/mol. The van der Waals surface area contributed by atoms with Crippen molar-refractivity contribution in [2.45, 2.75) is 139 Å². The van der Waals surface area contributed by atoms with E-state index >= 15 is 0 Å². The molecule has 0 radical (unpaired) electrons. The van der Waals surface area contributed by atoms with E-state index in [1.807, 2.05) is 6.92 Å². The van der Waals surface area contributed by atoms with Crippen LogP contribution in [0, 0.1) is 0 Å². The molecule has 1 atom stereocenters. The SMILES string of the molecule is CCCCCCCCCCCCCCCCCC(OS(=O)(=O)O)C(OS(=O)(=O)O)(OS(=O)(=O)O)C(OS(=O)(=O)O)(OS(=O)(=O)O)C(OS(=O)(=O)O)(OS(=O)(=O)O)C(OS(=O)(=O)O)(OS(=O)(=O)O)OS(=O)(=O)O.[NaH]. The molecule has 0 aliphatic heterocycles. The Morgan fingerprint density at radius 2 is 0.521 bits per heavy atom. The van der Waals surface area contributed by atoms with Crippen LogP contribution in [-0.4, -0.2) is 189 Å². The van der Waals surface area contributed by atoms with Gasteiger partial charge in [-0.2, -0.15) is 113 Å². The van der Waals surface area contributed by atoms with Crippen molar-refractivity contribution in [3.63, 3.8) is 0 Å². The van der Waals surface area contributed by atoms with E-state index in [1.165, 1.54) is 0 Å². The quantitative estimate of drug-likeness (QED) is 0.0136. The van der Waals surface area contributed by atoms with Gasteiger partial charge in [0, 0.05) is 0 Å². The normalized spacial score (nSPS) is 15.2. The molecule has 0 saturated carbocycles. The van der Waals surface area contributed by atoms with Crippen molar-refractivity contribution in [2.24, 2.45) is 0 Å². The molecular formula is C22H47NaO40S10. The molecule has 1 unspecified atom stereocenters. The third-order valence-corrected chi connectivity index (χ3v) is 12.5. The van der Waals surface area contributed by atoms with Gasteiger partial charge in [-0.05, 0) is 6.42 Å². The van der Waals surface area contributed by atoms with Gasteiger partial charge in [-0.25, -0.2) is 12.5 Å². The molecule has 10 N–H and O–H groups in total. The molecule has 0 amide bonds. The summed E-state index contributed by atoms with van der Waals surface area (Å²) in [6.45, 7) is 2.03. The van der Waals surface area contributed by atoms with E-state index in [9.17, 15) is 130 Å². The van der Waals surface area contributed by atoms with Gasteiger partial charge < -0.3 is 0 Å². The Labute approximate surface area is 440 Å². The summed E-state index contributed by atoms with van der Waals surface area (Å²) in [5, 5.41) is 0. The zero-order valence-corrected chi connectivity index (χ0v) is 43.9. The van der Waals surface area contributed by atoms with Crippen LogP contribution in [-0.2, 0) is 146 Å². The standard InChI is InChI=1S/C22H46O40S10.Na.H/c1-2-3-4-5-6-7-8-9-10-11-12-13-14-15-16-17-18(53-63(23,24)25)19(54-64(26,27)28,55-65(29,30)31)20(56-66(32,33)34,57-67(35,36)37)21(58-68(38,39)40,59-69(41,42)43)22(60-70(44,45)46,61-71(47,48)49)62-72(50,51)52;;/h18H,2-17H2,1H3,(H,23,24,25)(H,26,27,28)(H,29,30,31)(H,32,33,34)(H,35,36,37)(H,38,39,40)(H,41,42,43)(H,44,45,46)(H,47,48,49)(H,50,51,52);;. The molecule has 40 nitrogen and oxygen atoms in total. The second-order valence-corrected chi connectivity index (χ2v) is 24.1. The predicted molar refractivity (Wildman–Crippen MR) is 228 cm³/mol. The topological polar surface area (TPSA) is 636 Å². The summed E-state index contributed by atoms with van der Waals surface area (Å²) in [5.41, 5.74) is 0. The molecule has 0 bridgehead atoms. The van der Waals surface area contributed by atoms with E-state index in [2.05, 4.69) is 41.8 Å². The second kappa shape index (κ2) is 28.2. The van der Waals surface area contributed by atoms with E-state index in [1.54, 1.807) is 0 Å². The van der Waals surface area contributed by atoms with Crippen LogP contribution in [0.1, 0.15) is 110 Å². The van der Waals surface area contributed by atoms with Crippen LogP contribution in [0.4, 0.5) is 0 Å². The van der Waals surface area contributed by atoms with Gasteiger partial charge in [-0.15, -0.1) is 0 Å². The number of hydrogen-bond acceptors (Lipinski definition) is 30. The van der Waals surface area contributed by atoms with Crippen LogP contribution in [0.5, 0.6) is 0 Å². The first-order valence-electron chi connectivity index (χ1n) is 18.6. The third kappa shape index (κ3) is 29.5. The second-order valence-electron chi connectivity index (χ2n) is 13.8. The van der Waals surface area contributed by atoms with Crippen LogP contribution >= 0.6 is 0 Å². The number of rotatable bonds is 40. The van der Waals surface area contributed by atoms with Crippen LogP contribution in [0.25, 0.3) is 0 Å². The molecule has 0 aromatic carbocycles. The molecule has 0 aliphatic carbocycles. The van der Waals surface area contributed by atoms with Gasteiger partial charge in [-0.3, -0.25) is 45.5 Å². The van der Waals surface area contributed by atoms with Crippen molar-refractivity contribution < 1.29 is 172 Å². The predicted octanol–water partition coefficient (Wildman–Crippen LogP) is -2.10. The molecule has 0 aromatic rings. The van der Waals surface area contributed by atoms with Gasteiger partial charge >= 0.3 is 151 Å². The Kier molecular flexibility index (Phi) is 28.9. The Balaban J connectivity index is 0. The van der Waals surface area contributed by atoms with Gasteiger partial charge in [0.2, 0.25) is 0 Å². The fourth-order valence-corrected chi connectivity index (χ4v) is 11.5. The minimum atomic E-state index is -8.08. The maximum atomic E-state index is 12.8. The van der Waals surface area contributed by atoms with Gasteiger partial charge in [0.1, 0.15) is 6.10 Å². The van der Waals surface area contributed by atoms with Crippen molar-refractivity contribution in [3.05, 3.63) is 0 Å². The summed E-state index contributed by atoms with van der Waals surface area (Å²) in [6.07, 6.45) is -0.0705. The molecule has 0 heterocycles.